The van der Waals surface area contributed by atoms with Crippen molar-refractivity contribution in [1.82, 2.24) is 19.5 Å². The monoisotopic (exact) mass is 412 g/mol. The quantitative estimate of drug-likeness (QED) is 0.489. The molecule has 1 fully saturated rings. The van der Waals surface area contributed by atoms with Gasteiger partial charge in [-0.25, -0.2) is 15.0 Å². The van der Waals surface area contributed by atoms with Gasteiger partial charge in [0, 0.05) is 22.9 Å². The summed E-state index contributed by atoms with van der Waals surface area (Å²) in [7, 11) is 0. The molecule has 4 aromatic rings. The van der Waals surface area contributed by atoms with Crippen molar-refractivity contribution in [2.45, 2.75) is 38.1 Å². The molecule has 0 spiro atoms. The molecule has 0 aliphatic heterocycles. The number of fused-ring (bicyclic) bond motifs is 1. The Labute approximate surface area is 180 Å². The Kier molecular flexibility index (Phi) is 5.08. The molecule has 2 aromatic heterocycles. The van der Waals surface area contributed by atoms with Gasteiger partial charge in [-0.1, -0.05) is 49.6 Å². The number of rotatable bonds is 5. The van der Waals surface area contributed by atoms with Crippen LogP contribution in [0.1, 0.15) is 48.5 Å². The number of nitrogens with two attached hydrogens (primary N) is 1. The summed E-state index contributed by atoms with van der Waals surface area (Å²) in [5, 5.41) is 3.40. The first-order chi connectivity index (χ1) is 15.2. The van der Waals surface area contributed by atoms with Crippen LogP contribution in [0.2, 0.25) is 0 Å². The zero-order chi connectivity index (χ0) is 21.2. The molecule has 1 aliphatic carbocycles. The van der Waals surface area contributed by atoms with Crippen LogP contribution in [0.4, 0.5) is 11.5 Å². The molecule has 1 saturated carbocycles. The lowest BCUT2D eigenvalue weighted by Crippen LogP contribution is -2.13. The summed E-state index contributed by atoms with van der Waals surface area (Å²) in [5.74, 6) is 0.795. The summed E-state index contributed by atoms with van der Waals surface area (Å²) >= 11 is 0. The van der Waals surface area contributed by atoms with Crippen LogP contribution >= 0.6 is 0 Å². The standard InChI is InChI=1S/C24H24N6O/c25-21(31)16-11-13-17(14-12-16)22-28-23(27-18-7-3-1-4-8-18)20-24(29-22)30(15-26-20)19-9-5-2-6-10-19/h1,3-4,7-8,11-15,19H,2,5-6,9-10H2,(H2,25,31)(H,27,28,29). The number of primary amides is 1. The van der Waals surface area contributed by atoms with E-state index in [2.05, 4.69) is 14.9 Å². The minimum absolute atomic E-state index is 0.406. The number of carbonyl (C=O) groups excluding carboxylic acids is 1. The molecule has 0 unspecified atom stereocenters. The van der Waals surface area contributed by atoms with Gasteiger partial charge in [-0.05, 0) is 37.1 Å². The molecule has 5 rings (SSSR count). The molecule has 0 radical (unpaired) electrons. The summed E-state index contributed by atoms with van der Waals surface area (Å²) in [5.41, 5.74) is 9.18. The average molecular weight is 412 g/mol. The SMILES string of the molecule is NC(=O)c1ccc(-c2nc(Nc3ccccc3)c3ncn(C4CCCCC4)c3n2)cc1. The lowest BCUT2D eigenvalue weighted by molar-refractivity contribution is 0.100. The smallest absolute Gasteiger partial charge is 0.248 e. The third-order valence-corrected chi connectivity index (χ3v) is 5.85. The van der Waals surface area contributed by atoms with Crippen LogP contribution in [0.5, 0.6) is 0 Å². The van der Waals surface area contributed by atoms with E-state index in [4.69, 9.17) is 15.7 Å². The van der Waals surface area contributed by atoms with E-state index in [0.717, 1.165) is 35.3 Å². The number of hydrogen-bond acceptors (Lipinski definition) is 5. The Morgan fingerprint density at radius 3 is 2.42 bits per heavy atom. The van der Waals surface area contributed by atoms with Crippen molar-refractivity contribution < 1.29 is 4.79 Å². The largest absolute Gasteiger partial charge is 0.366 e. The van der Waals surface area contributed by atoms with Gasteiger partial charge in [-0.2, -0.15) is 0 Å². The summed E-state index contributed by atoms with van der Waals surface area (Å²) in [6, 6.07) is 17.4. The van der Waals surface area contributed by atoms with Crippen molar-refractivity contribution >= 4 is 28.6 Å². The Morgan fingerprint density at radius 1 is 0.968 bits per heavy atom. The molecule has 0 bridgehead atoms. The zero-order valence-corrected chi connectivity index (χ0v) is 17.2. The molecular formula is C24H24N6O. The second-order valence-corrected chi connectivity index (χ2v) is 7.94. The lowest BCUT2D eigenvalue weighted by atomic mass is 9.95. The number of benzene rings is 2. The van der Waals surface area contributed by atoms with Gasteiger partial charge in [0.25, 0.3) is 0 Å². The van der Waals surface area contributed by atoms with Gasteiger partial charge in [-0.3, -0.25) is 4.79 Å². The second kappa shape index (κ2) is 8.18. The first-order valence-electron chi connectivity index (χ1n) is 10.7. The van der Waals surface area contributed by atoms with Gasteiger partial charge >= 0.3 is 0 Å². The Balaban J connectivity index is 1.63. The highest BCUT2D eigenvalue weighted by Crippen LogP contribution is 2.33. The third kappa shape index (κ3) is 3.86. The highest BCUT2D eigenvalue weighted by Gasteiger charge is 2.21. The van der Waals surface area contributed by atoms with E-state index >= 15 is 0 Å². The number of aromatic nitrogens is 4. The van der Waals surface area contributed by atoms with Gasteiger partial charge in [0.1, 0.15) is 0 Å². The van der Waals surface area contributed by atoms with E-state index < -0.39 is 5.91 Å². The minimum Gasteiger partial charge on any atom is -0.366 e. The Hall–Kier alpha value is -3.74. The van der Waals surface area contributed by atoms with Crippen molar-refractivity contribution in [2.24, 2.45) is 5.73 Å². The van der Waals surface area contributed by atoms with Crippen LogP contribution in [0.3, 0.4) is 0 Å². The number of para-hydroxylation sites is 1. The molecule has 0 saturated heterocycles. The van der Waals surface area contributed by atoms with E-state index in [1.165, 1.54) is 19.3 Å². The number of amides is 1. The fourth-order valence-corrected chi connectivity index (χ4v) is 4.20. The van der Waals surface area contributed by atoms with Gasteiger partial charge < -0.3 is 15.6 Å². The number of carbonyl (C=O) groups is 1. The molecule has 1 aliphatic rings. The fourth-order valence-electron chi connectivity index (χ4n) is 4.20. The molecule has 0 atom stereocenters. The highest BCUT2D eigenvalue weighted by atomic mass is 16.1. The molecule has 3 N–H and O–H groups in total. The minimum atomic E-state index is -0.454. The fraction of sp³-hybridized carbons (Fsp3) is 0.250. The van der Waals surface area contributed by atoms with Gasteiger partial charge in [0.2, 0.25) is 5.91 Å². The van der Waals surface area contributed by atoms with E-state index in [0.29, 0.717) is 23.2 Å². The third-order valence-electron chi connectivity index (χ3n) is 5.85. The van der Waals surface area contributed by atoms with Crippen molar-refractivity contribution in [3.05, 3.63) is 66.5 Å². The van der Waals surface area contributed by atoms with Crippen LogP contribution < -0.4 is 11.1 Å². The molecule has 156 valence electrons. The number of imidazole rings is 1. The predicted molar refractivity (Wildman–Crippen MR) is 121 cm³/mol. The van der Waals surface area contributed by atoms with E-state index in [9.17, 15) is 4.79 Å². The van der Waals surface area contributed by atoms with Gasteiger partial charge in [-0.15, -0.1) is 0 Å². The maximum Gasteiger partial charge on any atom is 0.248 e. The van der Waals surface area contributed by atoms with Crippen LogP contribution in [-0.4, -0.2) is 25.4 Å². The number of hydrogen-bond donors (Lipinski definition) is 2. The maximum absolute atomic E-state index is 11.4. The normalized spacial score (nSPS) is 14.6. The molecule has 2 aromatic carbocycles. The number of nitrogens with one attached hydrogen (secondary N) is 1. The Bertz CT molecular complexity index is 1210. The van der Waals surface area contributed by atoms with E-state index in [1.807, 2.05) is 48.8 Å². The summed E-state index contributed by atoms with van der Waals surface area (Å²) in [4.78, 5) is 25.8. The summed E-state index contributed by atoms with van der Waals surface area (Å²) in [6.07, 6.45) is 7.92. The molecule has 31 heavy (non-hydrogen) atoms. The topological polar surface area (TPSA) is 98.7 Å². The van der Waals surface area contributed by atoms with E-state index in [-0.39, 0.29) is 0 Å². The van der Waals surface area contributed by atoms with Gasteiger partial charge in [0.05, 0.1) is 6.33 Å². The van der Waals surface area contributed by atoms with E-state index in [1.54, 1.807) is 12.1 Å². The first-order valence-corrected chi connectivity index (χ1v) is 10.7. The molecule has 7 heteroatoms. The number of anilines is 2. The van der Waals surface area contributed by atoms with Crippen molar-refractivity contribution in [2.75, 3.05) is 5.32 Å². The summed E-state index contributed by atoms with van der Waals surface area (Å²) in [6.45, 7) is 0. The van der Waals surface area contributed by atoms with Crippen LogP contribution in [0.25, 0.3) is 22.6 Å². The second-order valence-electron chi connectivity index (χ2n) is 7.94. The molecule has 1 amide bonds. The van der Waals surface area contributed by atoms with Crippen LogP contribution in [0, 0.1) is 0 Å². The van der Waals surface area contributed by atoms with Crippen molar-refractivity contribution in [3.63, 3.8) is 0 Å². The average Bonchev–Trinajstić information content (AvgIpc) is 3.25. The summed E-state index contributed by atoms with van der Waals surface area (Å²) < 4.78 is 2.20. The molecule has 2 heterocycles. The zero-order valence-electron chi connectivity index (χ0n) is 17.2. The first kappa shape index (κ1) is 19.2. The van der Waals surface area contributed by atoms with Gasteiger partial charge in [0.15, 0.2) is 22.8 Å². The molecular weight excluding hydrogens is 388 g/mol. The molecule has 7 nitrogen and oxygen atoms in total. The highest BCUT2D eigenvalue weighted by molar-refractivity contribution is 5.93. The number of nitrogens with zero attached hydrogens (tertiary/aromatic N) is 4. The Morgan fingerprint density at radius 2 is 1.71 bits per heavy atom. The van der Waals surface area contributed by atoms with Crippen LogP contribution in [0.15, 0.2) is 60.9 Å². The van der Waals surface area contributed by atoms with Crippen molar-refractivity contribution in [1.29, 1.82) is 0 Å². The maximum atomic E-state index is 11.4. The van der Waals surface area contributed by atoms with Crippen LogP contribution in [-0.2, 0) is 0 Å². The lowest BCUT2D eigenvalue weighted by Gasteiger charge is -2.23. The van der Waals surface area contributed by atoms with Crippen molar-refractivity contribution in [3.8, 4) is 11.4 Å². The predicted octanol–water partition coefficient (Wildman–Crippen LogP) is 4.84.